The number of methoxy groups -OCH3 is 2. The van der Waals surface area contributed by atoms with E-state index in [9.17, 15) is 4.79 Å². The van der Waals surface area contributed by atoms with Gasteiger partial charge in [0.15, 0.2) is 17.3 Å². The summed E-state index contributed by atoms with van der Waals surface area (Å²) in [5.74, 6) is 2.25. The Morgan fingerprint density at radius 2 is 1.83 bits per heavy atom. The molecule has 0 aliphatic carbocycles. The van der Waals surface area contributed by atoms with E-state index < -0.39 is 0 Å². The average Bonchev–Trinajstić information content (AvgIpc) is 3.32. The summed E-state index contributed by atoms with van der Waals surface area (Å²) in [6.07, 6.45) is 2.33. The first kappa shape index (κ1) is 22.6. The Morgan fingerprint density at radius 1 is 1.00 bits per heavy atom. The molecular formula is C27H28N4O4. The van der Waals surface area contributed by atoms with Crippen LogP contribution in [0.2, 0.25) is 0 Å². The van der Waals surface area contributed by atoms with Crippen LogP contribution in [-0.2, 0) is 0 Å². The number of furan rings is 1. The summed E-state index contributed by atoms with van der Waals surface area (Å²) in [5.41, 5.74) is 9.81. The van der Waals surface area contributed by atoms with Crippen molar-refractivity contribution in [3.63, 3.8) is 0 Å². The van der Waals surface area contributed by atoms with Gasteiger partial charge in [-0.25, -0.2) is 4.98 Å². The largest absolute Gasteiger partial charge is 0.493 e. The molecule has 8 nitrogen and oxygen atoms in total. The number of fused-ring (bicyclic) bond motifs is 1. The summed E-state index contributed by atoms with van der Waals surface area (Å²) in [4.78, 5) is 21.7. The fourth-order valence-electron chi connectivity index (χ4n) is 4.68. The van der Waals surface area contributed by atoms with Gasteiger partial charge in [-0.15, -0.1) is 0 Å². The molecule has 0 bridgehead atoms. The van der Waals surface area contributed by atoms with Crippen LogP contribution in [0.5, 0.6) is 11.5 Å². The molecule has 35 heavy (non-hydrogen) atoms. The zero-order valence-corrected chi connectivity index (χ0v) is 19.9. The third-order valence-corrected chi connectivity index (χ3v) is 6.36. The van der Waals surface area contributed by atoms with E-state index in [1.165, 1.54) is 6.26 Å². The normalized spacial score (nSPS) is 14.1. The lowest BCUT2D eigenvalue weighted by atomic mass is 9.97. The molecule has 2 aromatic carbocycles. The number of ether oxygens (including phenoxy) is 2. The van der Waals surface area contributed by atoms with Crippen molar-refractivity contribution in [3.05, 3.63) is 66.6 Å². The van der Waals surface area contributed by atoms with E-state index >= 15 is 0 Å². The molecular weight excluding hydrogens is 444 g/mol. The SMILES string of the molecule is COc1cc2nc(N3CCCN(C(=O)c4ccco4)CC3)cc(N)c2c(-c2ccccc2)c1OC. The Hall–Kier alpha value is -4.20. The quantitative estimate of drug-likeness (QED) is 0.459. The highest BCUT2D eigenvalue weighted by molar-refractivity contribution is 6.07. The van der Waals surface area contributed by atoms with Gasteiger partial charge in [0.05, 0.1) is 26.0 Å². The Bertz CT molecular complexity index is 1340. The molecule has 2 N–H and O–H groups in total. The Balaban J connectivity index is 1.52. The monoisotopic (exact) mass is 472 g/mol. The van der Waals surface area contributed by atoms with Crippen LogP contribution in [0, 0.1) is 0 Å². The minimum absolute atomic E-state index is 0.0906. The lowest BCUT2D eigenvalue weighted by Crippen LogP contribution is -2.35. The van der Waals surface area contributed by atoms with Crippen molar-refractivity contribution in [1.82, 2.24) is 9.88 Å². The van der Waals surface area contributed by atoms with Crippen LogP contribution in [-0.4, -0.2) is 56.2 Å². The van der Waals surface area contributed by atoms with E-state index in [2.05, 4.69) is 4.90 Å². The number of carbonyl (C=O) groups is 1. The summed E-state index contributed by atoms with van der Waals surface area (Å²) in [5, 5.41) is 0.821. The van der Waals surface area contributed by atoms with E-state index in [4.69, 9.17) is 24.6 Å². The highest BCUT2D eigenvalue weighted by Crippen LogP contribution is 2.46. The fraction of sp³-hybridized carbons (Fsp3) is 0.259. The van der Waals surface area contributed by atoms with E-state index in [0.29, 0.717) is 42.6 Å². The van der Waals surface area contributed by atoms with Gasteiger partial charge < -0.3 is 29.4 Å². The Kier molecular flexibility index (Phi) is 6.18. The van der Waals surface area contributed by atoms with Crippen LogP contribution in [0.1, 0.15) is 17.0 Å². The number of pyridine rings is 1. The maximum atomic E-state index is 12.7. The second kappa shape index (κ2) is 9.58. The first-order valence-electron chi connectivity index (χ1n) is 11.6. The molecule has 8 heteroatoms. The van der Waals surface area contributed by atoms with Crippen LogP contribution in [0.3, 0.4) is 0 Å². The topological polar surface area (TPSA) is 94.1 Å². The number of rotatable bonds is 5. The number of nitrogens with zero attached hydrogens (tertiary/aromatic N) is 3. The molecule has 1 fully saturated rings. The van der Waals surface area contributed by atoms with Crippen molar-refractivity contribution in [1.29, 1.82) is 0 Å². The molecule has 180 valence electrons. The number of nitrogen functional groups attached to an aromatic ring is 1. The number of hydrogen-bond acceptors (Lipinski definition) is 7. The molecule has 1 saturated heterocycles. The molecule has 3 heterocycles. The Labute approximate surface area is 203 Å². The van der Waals surface area contributed by atoms with Crippen LogP contribution >= 0.6 is 0 Å². The van der Waals surface area contributed by atoms with E-state index in [-0.39, 0.29) is 5.91 Å². The minimum atomic E-state index is -0.0906. The van der Waals surface area contributed by atoms with Crippen molar-refractivity contribution in [2.24, 2.45) is 0 Å². The van der Waals surface area contributed by atoms with Gasteiger partial charge in [-0.05, 0) is 24.1 Å². The van der Waals surface area contributed by atoms with Gasteiger partial charge in [0.25, 0.3) is 5.91 Å². The molecule has 1 amide bonds. The van der Waals surface area contributed by atoms with Gasteiger partial charge in [0.2, 0.25) is 0 Å². The third-order valence-electron chi connectivity index (χ3n) is 6.36. The molecule has 5 rings (SSSR count). The van der Waals surface area contributed by atoms with Crippen molar-refractivity contribution in [3.8, 4) is 22.6 Å². The van der Waals surface area contributed by atoms with Gasteiger partial charge in [0, 0.05) is 54.9 Å². The molecule has 1 aliphatic heterocycles. The van der Waals surface area contributed by atoms with Crippen molar-refractivity contribution < 1.29 is 18.7 Å². The number of carbonyl (C=O) groups excluding carboxylic acids is 1. The second-order valence-electron chi connectivity index (χ2n) is 8.43. The number of amides is 1. The van der Waals surface area contributed by atoms with Crippen LogP contribution < -0.4 is 20.1 Å². The van der Waals surface area contributed by atoms with Crippen LogP contribution in [0.4, 0.5) is 11.5 Å². The number of nitrogens with two attached hydrogens (primary N) is 1. The lowest BCUT2D eigenvalue weighted by Gasteiger charge is -2.24. The Morgan fingerprint density at radius 3 is 2.54 bits per heavy atom. The molecule has 0 spiro atoms. The molecule has 0 saturated carbocycles. The predicted octanol–water partition coefficient (Wildman–Crippen LogP) is 4.45. The maximum absolute atomic E-state index is 12.7. The first-order valence-corrected chi connectivity index (χ1v) is 11.6. The fourth-order valence-corrected chi connectivity index (χ4v) is 4.68. The maximum Gasteiger partial charge on any atom is 0.289 e. The van der Waals surface area contributed by atoms with Crippen LogP contribution in [0.25, 0.3) is 22.0 Å². The predicted molar refractivity (Wildman–Crippen MR) is 136 cm³/mol. The standard InChI is InChI=1S/C27H28N4O4/c1-33-22-17-20-25(24(26(22)34-2)18-8-4-3-5-9-18)19(28)16-23(29-20)30-11-7-12-31(14-13-30)27(32)21-10-6-15-35-21/h3-6,8-10,15-17H,7,11-14H2,1-2H3,(H2,28,29). The lowest BCUT2D eigenvalue weighted by molar-refractivity contribution is 0.0735. The van der Waals surface area contributed by atoms with E-state index in [0.717, 1.165) is 40.8 Å². The van der Waals surface area contributed by atoms with Crippen molar-refractivity contribution in [2.45, 2.75) is 6.42 Å². The minimum Gasteiger partial charge on any atom is -0.493 e. The van der Waals surface area contributed by atoms with E-state index in [1.807, 2.05) is 47.4 Å². The second-order valence-corrected chi connectivity index (χ2v) is 8.43. The van der Waals surface area contributed by atoms with Crippen molar-refractivity contribution >= 4 is 28.3 Å². The van der Waals surface area contributed by atoms with Crippen molar-refractivity contribution in [2.75, 3.05) is 51.0 Å². The smallest absolute Gasteiger partial charge is 0.289 e. The molecule has 2 aromatic heterocycles. The highest BCUT2D eigenvalue weighted by atomic mass is 16.5. The van der Waals surface area contributed by atoms with Gasteiger partial charge in [0.1, 0.15) is 5.82 Å². The zero-order chi connectivity index (χ0) is 24.4. The van der Waals surface area contributed by atoms with Gasteiger partial charge in [-0.3, -0.25) is 4.79 Å². The van der Waals surface area contributed by atoms with Gasteiger partial charge in [-0.1, -0.05) is 30.3 Å². The third kappa shape index (κ3) is 4.23. The summed E-state index contributed by atoms with van der Waals surface area (Å²) in [7, 11) is 3.24. The molecule has 1 aliphatic rings. The number of aromatic nitrogens is 1. The van der Waals surface area contributed by atoms with Crippen LogP contribution in [0.15, 0.2) is 65.3 Å². The summed E-state index contributed by atoms with van der Waals surface area (Å²) >= 11 is 0. The summed E-state index contributed by atoms with van der Waals surface area (Å²) in [6, 6.07) is 17.2. The molecule has 0 radical (unpaired) electrons. The molecule has 0 atom stereocenters. The first-order chi connectivity index (χ1) is 17.1. The average molecular weight is 473 g/mol. The molecule has 4 aromatic rings. The zero-order valence-electron chi connectivity index (χ0n) is 19.9. The van der Waals surface area contributed by atoms with E-state index in [1.54, 1.807) is 26.4 Å². The highest BCUT2D eigenvalue weighted by Gasteiger charge is 2.24. The van der Waals surface area contributed by atoms with Gasteiger partial charge >= 0.3 is 0 Å². The number of benzene rings is 2. The van der Waals surface area contributed by atoms with Gasteiger partial charge in [-0.2, -0.15) is 0 Å². The number of anilines is 2. The molecule has 0 unspecified atom stereocenters. The summed E-state index contributed by atoms with van der Waals surface area (Å²) < 4.78 is 16.7. The summed E-state index contributed by atoms with van der Waals surface area (Å²) in [6.45, 7) is 2.63. The number of hydrogen-bond donors (Lipinski definition) is 1.